The molecule has 2 aromatic carbocycles. The second-order valence-electron chi connectivity index (χ2n) is 3.84. The van der Waals surface area contributed by atoms with Gasteiger partial charge in [-0.25, -0.2) is 0 Å². The van der Waals surface area contributed by atoms with Crippen LogP contribution in [-0.4, -0.2) is 11.0 Å². The van der Waals surface area contributed by atoms with Crippen molar-refractivity contribution >= 4 is 58.0 Å². The van der Waals surface area contributed by atoms with Gasteiger partial charge in [-0.15, -0.1) is 0 Å². The Hall–Kier alpha value is -1.13. The summed E-state index contributed by atoms with van der Waals surface area (Å²) < 4.78 is 0. The van der Waals surface area contributed by atoms with E-state index in [-0.39, 0.29) is 21.4 Å². The van der Waals surface area contributed by atoms with Crippen LogP contribution in [0.2, 0.25) is 20.1 Å². The SMILES string of the molecule is O=C(Nc1ccc(Cl)c(Cl)c1)c1ccc(Cl)c(Cl)c1O. The van der Waals surface area contributed by atoms with Crippen LogP contribution in [-0.2, 0) is 0 Å². The van der Waals surface area contributed by atoms with Crippen LogP contribution in [0.15, 0.2) is 30.3 Å². The minimum Gasteiger partial charge on any atom is -0.505 e. The summed E-state index contributed by atoms with van der Waals surface area (Å²) in [6, 6.07) is 7.43. The summed E-state index contributed by atoms with van der Waals surface area (Å²) in [5.41, 5.74) is 0.445. The highest BCUT2D eigenvalue weighted by Crippen LogP contribution is 2.34. The minimum atomic E-state index is -0.542. The number of benzene rings is 2. The van der Waals surface area contributed by atoms with Gasteiger partial charge in [-0.3, -0.25) is 4.79 Å². The van der Waals surface area contributed by atoms with Crippen molar-refractivity contribution < 1.29 is 9.90 Å². The molecule has 0 bridgehead atoms. The highest BCUT2D eigenvalue weighted by molar-refractivity contribution is 6.43. The van der Waals surface area contributed by atoms with Gasteiger partial charge < -0.3 is 10.4 Å². The monoisotopic (exact) mass is 349 g/mol. The van der Waals surface area contributed by atoms with Crippen LogP contribution >= 0.6 is 46.4 Å². The molecule has 0 heterocycles. The summed E-state index contributed by atoms with van der Waals surface area (Å²) in [4.78, 5) is 12.0. The van der Waals surface area contributed by atoms with E-state index >= 15 is 0 Å². The second kappa shape index (κ2) is 6.10. The molecule has 0 saturated carbocycles. The molecular weight excluding hydrogens is 344 g/mol. The average molecular weight is 351 g/mol. The molecule has 0 aliphatic carbocycles. The molecule has 2 N–H and O–H groups in total. The van der Waals surface area contributed by atoms with Crippen LogP contribution in [0, 0.1) is 0 Å². The van der Waals surface area contributed by atoms with Crippen molar-refractivity contribution in [2.75, 3.05) is 5.32 Å². The van der Waals surface area contributed by atoms with E-state index in [1.54, 1.807) is 12.1 Å². The molecule has 0 aromatic heterocycles. The molecule has 0 fully saturated rings. The van der Waals surface area contributed by atoms with E-state index < -0.39 is 5.91 Å². The number of rotatable bonds is 2. The van der Waals surface area contributed by atoms with Crippen LogP contribution in [0.4, 0.5) is 5.69 Å². The first-order valence-electron chi connectivity index (χ1n) is 5.33. The van der Waals surface area contributed by atoms with Crippen molar-refractivity contribution in [3.05, 3.63) is 56.0 Å². The van der Waals surface area contributed by atoms with Gasteiger partial charge in [-0.2, -0.15) is 0 Å². The standard InChI is InChI=1S/C13H7Cl4NO2/c14-8-3-1-6(5-10(8)16)18-13(20)7-2-4-9(15)11(17)12(7)19/h1-5,19H,(H,18,20). The first kappa shape index (κ1) is 15.3. The first-order chi connectivity index (χ1) is 9.40. The molecule has 0 radical (unpaired) electrons. The van der Waals surface area contributed by atoms with Crippen LogP contribution < -0.4 is 5.32 Å². The molecule has 0 saturated heterocycles. The fourth-order valence-corrected chi connectivity index (χ4v) is 2.11. The molecule has 1 amide bonds. The Morgan fingerprint density at radius 1 is 0.950 bits per heavy atom. The smallest absolute Gasteiger partial charge is 0.259 e. The molecule has 3 nitrogen and oxygen atoms in total. The number of anilines is 1. The van der Waals surface area contributed by atoms with Gasteiger partial charge >= 0.3 is 0 Å². The van der Waals surface area contributed by atoms with E-state index in [4.69, 9.17) is 46.4 Å². The maximum Gasteiger partial charge on any atom is 0.259 e. The number of carbonyl (C=O) groups is 1. The van der Waals surface area contributed by atoms with Gasteiger partial charge in [0.1, 0.15) is 10.8 Å². The third kappa shape index (κ3) is 3.13. The number of amides is 1. The molecule has 7 heteroatoms. The van der Waals surface area contributed by atoms with Gasteiger partial charge in [0.25, 0.3) is 5.91 Å². The van der Waals surface area contributed by atoms with Gasteiger partial charge in [0.05, 0.1) is 20.6 Å². The Morgan fingerprint density at radius 2 is 1.60 bits per heavy atom. The third-order valence-corrected chi connectivity index (χ3v) is 4.02. The Balaban J connectivity index is 2.28. The number of phenolic OH excluding ortho intramolecular Hbond substituents is 1. The number of hydrogen-bond acceptors (Lipinski definition) is 2. The summed E-state index contributed by atoms with van der Waals surface area (Å²) in [6.07, 6.45) is 0. The van der Waals surface area contributed by atoms with Crippen molar-refractivity contribution in [1.82, 2.24) is 0 Å². The van der Waals surface area contributed by atoms with Gasteiger partial charge in [0, 0.05) is 5.69 Å². The Bertz CT molecular complexity index is 688. The largest absolute Gasteiger partial charge is 0.505 e. The summed E-state index contributed by atoms with van der Waals surface area (Å²) in [5.74, 6) is -0.920. The lowest BCUT2D eigenvalue weighted by Crippen LogP contribution is -2.12. The topological polar surface area (TPSA) is 49.3 Å². The molecule has 2 aromatic rings. The van der Waals surface area contributed by atoms with E-state index in [9.17, 15) is 9.90 Å². The summed E-state index contributed by atoms with van der Waals surface area (Å²) >= 11 is 23.1. The number of hydrogen-bond donors (Lipinski definition) is 2. The zero-order chi connectivity index (χ0) is 14.9. The molecule has 0 unspecified atom stereocenters. The predicted octanol–water partition coefficient (Wildman–Crippen LogP) is 5.26. The number of carbonyl (C=O) groups excluding carboxylic acids is 1. The lowest BCUT2D eigenvalue weighted by molar-refractivity contribution is 0.102. The maximum atomic E-state index is 12.0. The number of halogens is 4. The fourth-order valence-electron chi connectivity index (χ4n) is 1.50. The van der Waals surface area contributed by atoms with Crippen molar-refractivity contribution in [1.29, 1.82) is 0 Å². The second-order valence-corrected chi connectivity index (χ2v) is 5.44. The molecular formula is C13H7Cl4NO2. The van der Waals surface area contributed by atoms with Crippen LogP contribution in [0.3, 0.4) is 0 Å². The quantitative estimate of drug-likeness (QED) is 0.776. The Labute approximate surface area is 135 Å². The molecule has 2 rings (SSSR count). The van der Waals surface area contributed by atoms with Gasteiger partial charge in [0.2, 0.25) is 0 Å². The molecule has 20 heavy (non-hydrogen) atoms. The van der Waals surface area contributed by atoms with E-state index in [2.05, 4.69) is 5.32 Å². The number of nitrogens with one attached hydrogen (secondary N) is 1. The van der Waals surface area contributed by atoms with Gasteiger partial charge in [-0.1, -0.05) is 46.4 Å². The average Bonchev–Trinajstić information content (AvgIpc) is 2.40. The first-order valence-corrected chi connectivity index (χ1v) is 6.84. The lowest BCUT2D eigenvalue weighted by Gasteiger charge is -2.09. The summed E-state index contributed by atoms with van der Waals surface area (Å²) in [5, 5.41) is 13.1. The zero-order valence-corrected chi connectivity index (χ0v) is 12.8. The lowest BCUT2D eigenvalue weighted by atomic mass is 10.2. The maximum absolute atomic E-state index is 12.0. The summed E-state index contributed by atoms with van der Waals surface area (Å²) in [6.45, 7) is 0. The van der Waals surface area contributed by atoms with E-state index in [0.29, 0.717) is 15.7 Å². The van der Waals surface area contributed by atoms with Gasteiger partial charge in [0.15, 0.2) is 0 Å². The van der Waals surface area contributed by atoms with Crippen molar-refractivity contribution in [3.63, 3.8) is 0 Å². The van der Waals surface area contributed by atoms with Gasteiger partial charge in [-0.05, 0) is 30.3 Å². The third-order valence-electron chi connectivity index (χ3n) is 2.49. The van der Waals surface area contributed by atoms with E-state index in [1.807, 2.05) is 0 Å². The van der Waals surface area contributed by atoms with E-state index in [0.717, 1.165) is 0 Å². The Kier molecular flexibility index (Phi) is 4.66. The van der Waals surface area contributed by atoms with Crippen LogP contribution in [0.5, 0.6) is 5.75 Å². The van der Waals surface area contributed by atoms with Crippen molar-refractivity contribution in [3.8, 4) is 5.75 Å². The highest BCUT2D eigenvalue weighted by Gasteiger charge is 2.16. The zero-order valence-electron chi connectivity index (χ0n) is 9.75. The minimum absolute atomic E-state index is 0.00507. The molecule has 0 spiro atoms. The van der Waals surface area contributed by atoms with Crippen molar-refractivity contribution in [2.45, 2.75) is 0 Å². The number of aromatic hydroxyl groups is 1. The molecule has 0 aliphatic rings. The summed E-state index contributed by atoms with van der Waals surface area (Å²) in [7, 11) is 0. The fraction of sp³-hybridized carbons (Fsp3) is 0. The predicted molar refractivity (Wildman–Crippen MR) is 82.5 cm³/mol. The van der Waals surface area contributed by atoms with Crippen LogP contribution in [0.25, 0.3) is 0 Å². The molecule has 0 atom stereocenters. The molecule has 104 valence electrons. The highest BCUT2D eigenvalue weighted by atomic mass is 35.5. The number of phenols is 1. The van der Waals surface area contributed by atoms with Crippen LogP contribution in [0.1, 0.15) is 10.4 Å². The van der Waals surface area contributed by atoms with E-state index in [1.165, 1.54) is 18.2 Å². The van der Waals surface area contributed by atoms with Crippen molar-refractivity contribution in [2.24, 2.45) is 0 Å². The Morgan fingerprint density at radius 3 is 2.25 bits per heavy atom. The normalized spacial score (nSPS) is 10.4. The molecule has 0 aliphatic heterocycles.